The summed E-state index contributed by atoms with van der Waals surface area (Å²) in [5.74, 6) is 0. The van der Waals surface area contributed by atoms with Crippen LogP contribution in [0.15, 0.2) is 49.0 Å². The third-order valence-corrected chi connectivity index (χ3v) is 5.48. The van der Waals surface area contributed by atoms with Crippen LogP contribution in [0.4, 0.5) is 0 Å². The minimum absolute atomic E-state index is 0.330. The molecular weight excluding hydrogens is 324 g/mol. The number of hydrogen-bond donors (Lipinski definition) is 3. The first-order chi connectivity index (χ1) is 12.6. The third kappa shape index (κ3) is 3.11. The fraction of sp³-hybridized carbons (Fsp3) is 0.400. The summed E-state index contributed by atoms with van der Waals surface area (Å²) in [6.07, 6.45) is 14.3. The summed E-state index contributed by atoms with van der Waals surface area (Å²) >= 11 is 0. The van der Waals surface area contributed by atoms with Gasteiger partial charge in [0.25, 0.3) is 0 Å². The normalized spacial score (nSPS) is 24.8. The molecule has 1 atom stereocenters. The minimum Gasteiger partial charge on any atom is -0.346 e. The molecule has 136 valence electrons. The molecule has 3 heterocycles. The third-order valence-electron chi connectivity index (χ3n) is 5.48. The van der Waals surface area contributed by atoms with E-state index in [1.807, 2.05) is 30.5 Å². The number of fused-ring (bicyclic) bond motifs is 1. The first-order valence-corrected chi connectivity index (χ1v) is 9.18. The molecule has 4 rings (SSSR count). The molecule has 0 aromatic carbocycles. The zero-order valence-electron chi connectivity index (χ0n) is 15.0. The minimum atomic E-state index is -0.652. The van der Waals surface area contributed by atoms with E-state index in [9.17, 15) is 0 Å². The number of allylic oxidation sites excluding steroid dienone is 3. The highest BCUT2D eigenvalue weighted by Crippen LogP contribution is 2.35. The van der Waals surface area contributed by atoms with E-state index in [0.29, 0.717) is 12.5 Å². The monoisotopic (exact) mass is 350 g/mol. The Kier molecular flexibility index (Phi) is 4.48. The lowest BCUT2D eigenvalue weighted by atomic mass is 9.83. The molecule has 2 aromatic heterocycles. The topological polar surface area (TPSA) is 96.8 Å². The van der Waals surface area contributed by atoms with Crippen molar-refractivity contribution in [3.63, 3.8) is 0 Å². The standard InChI is InChI=1S/C20H26N6/c1-2-14-4-3-7-20(22,10-14)18-17-15(11-23-19(17)25-13-24-18)12-26-8-5-16(21)6-9-26/h2-4,7,11,13,16H,1,5-6,8-10,12,21-22H2,(H,23,24,25). The van der Waals surface area contributed by atoms with Gasteiger partial charge in [-0.2, -0.15) is 0 Å². The van der Waals surface area contributed by atoms with Gasteiger partial charge in [0.1, 0.15) is 12.0 Å². The lowest BCUT2D eigenvalue weighted by Gasteiger charge is -2.31. The Hall–Kier alpha value is -2.28. The van der Waals surface area contributed by atoms with Crippen molar-refractivity contribution in [1.29, 1.82) is 0 Å². The number of nitrogens with one attached hydrogen (secondary N) is 1. The van der Waals surface area contributed by atoms with Crippen LogP contribution in [-0.4, -0.2) is 39.0 Å². The second kappa shape index (κ2) is 6.79. The molecule has 1 aliphatic carbocycles. The summed E-state index contributed by atoms with van der Waals surface area (Å²) in [7, 11) is 0. The van der Waals surface area contributed by atoms with Crippen LogP contribution in [0, 0.1) is 0 Å². The van der Waals surface area contributed by atoms with E-state index in [1.54, 1.807) is 6.33 Å². The Morgan fingerprint density at radius 1 is 1.35 bits per heavy atom. The first-order valence-electron chi connectivity index (χ1n) is 9.18. The van der Waals surface area contributed by atoms with E-state index >= 15 is 0 Å². The Morgan fingerprint density at radius 3 is 2.92 bits per heavy atom. The Balaban J connectivity index is 1.70. The molecule has 1 fully saturated rings. The van der Waals surface area contributed by atoms with Crippen molar-refractivity contribution in [1.82, 2.24) is 19.9 Å². The van der Waals surface area contributed by atoms with Gasteiger partial charge in [0.05, 0.1) is 11.2 Å². The number of hydrogen-bond acceptors (Lipinski definition) is 5. The first kappa shape index (κ1) is 17.1. The van der Waals surface area contributed by atoms with E-state index in [2.05, 4.69) is 26.4 Å². The van der Waals surface area contributed by atoms with E-state index in [0.717, 1.165) is 54.8 Å². The highest BCUT2D eigenvalue weighted by atomic mass is 15.1. The molecule has 1 aliphatic heterocycles. The summed E-state index contributed by atoms with van der Waals surface area (Å²) in [6, 6.07) is 0.330. The van der Waals surface area contributed by atoms with E-state index in [1.165, 1.54) is 5.56 Å². The second-order valence-electron chi connectivity index (χ2n) is 7.40. The number of rotatable bonds is 4. The van der Waals surface area contributed by atoms with Crippen molar-refractivity contribution in [2.24, 2.45) is 11.5 Å². The average Bonchev–Trinajstić information content (AvgIpc) is 3.06. The second-order valence-corrected chi connectivity index (χ2v) is 7.40. The fourth-order valence-electron chi connectivity index (χ4n) is 3.96. The van der Waals surface area contributed by atoms with Crippen molar-refractivity contribution >= 4 is 11.0 Å². The van der Waals surface area contributed by atoms with Gasteiger partial charge in [-0.3, -0.25) is 4.90 Å². The summed E-state index contributed by atoms with van der Waals surface area (Å²) in [4.78, 5) is 14.7. The molecule has 0 saturated carbocycles. The van der Waals surface area contributed by atoms with E-state index < -0.39 is 5.54 Å². The van der Waals surface area contributed by atoms with Gasteiger partial charge in [0.15, 0.2) is 0 Å². The lowest BCUT2D eigenvalue weighted by molar-refractivity contribution is 0.206. The quantitative estimate of drug-likeness (QED) is 0.785. The lowest BCUT2D eigenvalue weighted by Crippen LogP contribution is -2.39. The van der Waals surface area contributed by atoms with Crippen molar-refractivity contribution in [3.05, 3.63) is 60.2 Å². The van der Waals surface area contributed by atoms with Gasteiger partial charge in [0.2, 0.25) is 0 Å². The largest absolute Gasteiger partial charge is 0.346 e. The van der Waals surface area contributed by atoms with Gasteiger partial charge in [0, 0.05) is 24.2 Å². The zero-order valence-corrected chi connectivity index (χ0v) is 15.0. The van der Waals surface area contributed by atoms with Crippen molar-refractivity contribution < 1.29 is 0 Å². The molecule has 2 aliphatic rings. The summed E-state index contributed by atoms with van der Waals surface area (Å²) in [5.41, 5.74) is 16.2. The van der Waals surface area contributed by atoms with Crippen molar-refractivity contribution in [2.45, 2.75) is 37.4 Å². The van der Waals surface area contributed by atoms with Crippen LogP contribution in [-0.2, 0) is 12.1 Å². The molecule has 0 bridgehead atoms. The number of piperidine rings is 1. The molecule has 0 radical (unpaired) electrons. The van der Waals surface area contributed by atoms with Gasteiger partial charge < -0.3 is 16.5 Å². The molecule has 6 nitrogen and oxygen atoms in total. The number of H-pyrrole nitrogens is 1. The molecular formula is C20H26N6. The smallest absolute Gasteiger partial charge is 0.141 e. The maximum absolute atomic E-state index is 6.78. The van der Waals surface area contributed by atoms with E-state index in [4.69, 9.17) is 11.5 Å². The van der Waals surface area contributed by atoms with Crippen LogP contribution in [0.1, 0.15) is 30.5 Å². The van der Waals surface area contributed by atoms with Crippen molar-refractivity contribution in [3.8, 4) is 0 Å². The molecule has 1 saturated heterocycles. The molecule has 26 heavy (non-hydrogen) atoms. The van der Waals surface area contributed by atoms with Crippen LogP contribution in [0.25, 0.3) is 11.0 Å². The van der Waals surface area contributed by atoms with Crippen LogP contribution in [0.3, 0.4) is 0 Å². The summed E-state index contributed by atoms with van der Waals surface area (Å²) in [5, 5.41) is 1.04. The highest BCUT2D eigenvalue weighted by molar-refractivity contribution is 5.83. The van der Waals surface area contributed by atoms with Gasteiger partial charge in [-0.05, 0) is 43.5 Å². The van der Waals surface area contributed by atoms with Gasteiger partial charge in [-0.1, -0.05) is 30.9 Å². The molecule has 6 heteroatoms. The molecule has 1 unspecified atom stereocenters. The number of aromatic amines is 1. The van der Waals surface area contributed by atoms with Crippen molar-refractivity contribution in [2.75, 3.05) is 13.1 Å². The zero-order chi connectivity index (χ0) is 18.1. The highest BCUT2D eigenvalue weighted by Gasteiger charge is 2.32. The number of aromatic nitrogens is 3. The molecule has 5 N–H and O–H groups in total. The van der Waals surface area contributed by atoms with Crippen LogP contribution in [0.5, 0.6) is 0 Å². The molecule has 0 amide bonds. The number of likely N-dealkylation sites (tertiary alicyclic amines) is 1. The maximum atomic E-state index is 6.78. The maximum Gasteiger partial charge on any atom is 0.141 e. The Labute approximate surface area is 153 Å². The number of nitrogens with zero attached hydrogens (tertiary/aromatic N) is 3. The summed E-state index contributed by atoms with van der Waals surface area (Å²) in [6.45, 7) is 6.78. The average molecular weight is 350 g/mol. The van der Waals surface area contributed by atoms with E-state index in [-0.39, 0.29) is 0 Å². The Morgan fingerprint density at radius 2 is 2.15 bits per heavy atom. The molecule has 0 spiro atoms. The van der Waals surface area contributed by atoms with Gasteiger partial charge >= 0.3 is 0 Å². The van der Waals surface area contributed by atoms with Crippen LogP contribution < -0.4 is 11.5 Å². The molecule has 2 aromatic rings. The van der Waals surface area contributed by atoms with Gasteiger partial charge in [-0.25, -0.2) is 9.97 Å². The predicted molar refractivity (Wildman–Crippen MR) is 104 cm³/mol. The number of nitrogens with two attached hydrogens (primary N) is 2. The van der Waals surface area contributed by atoms with Gasteiger partial charge in [-0.15, -0.1) is 0 Å². The SMILES string of the molecule is C=CC1=CC=CC(N)(c2ncnc3[nH]cc(CN4CCC(N)CC4)c23)C1. The van der Waals surface area contributed by atoms with Crippen LogP contribution >= 0.6 is 0 Å². The predicted octanol–water partition coefficient (Wildman–Crippen LogP) is 2.11. The Bertz CT molecular complexity index is 872. The van der Waals surface area contributed by atoms with Crippen LogP contribution in [0.2, 0.25) is 0 Å². The summed E-state index contributed by atoms with van der Waals surface area (Å²) < 4.78 is 0. The fourth-order valence-corrected chi connectivity index (χ4v) is 3.96.